The zero-order valence-electron chi connectivity index (χ0n) is 5.96. The van der Waals surface area contributed by atoms with Gasteiger partial charge in [-0.25, -0.2) is 0 Å². The van der Waals surface area contributed by atoms with Crippen molar-refractivity contribution in [2.45, 2.75) is 19.5 Å². The molecule has 1 aliphatic rings. The van der Waals surface area contributed by atoms with Crippen LogP contribution >= 0.6 is 0 Å². The van der Waals surface area contributed by atoms with E-state index in [4.69, 9.17) is 0 Å². The van der Waals surface area contributed by atoms with Gasteiger partial charge in [-0.1, -0.05) is 0 Å². The third-order valence-corrected chi connectivity index (χ3v) is 1.56. The highest BCUT2D eigenvalue weighted by atomic mass is 19.3. The van der Waals surface area contributed by atoms with Gasteiger partial charge in [0.2, 0.25) is 0 Å². The Bertz CT molecular complexity index is 135. The normalized spacial score (nSPS) is 26.9. The summed E-state index contributed by atoms with van der Waals surface area (Å²) in [6, 6.07) is -0.190. The molecule has 0 aromatic heterocycles. The van der Waals surface area contributed by atoms with Crippen molar-refractivity contribution in [2.24, 2.45) is 0 Å². The molecule has 0 spiro atoms. The molecule has 0 N–H and O–H groups in total. The molecule has 4 heteroatoms. The Morgan fingerprint density at radius 1 is 1.50 bits per heavy atom. The molecule has 1 aliphatic heterocycles. The van der Waals surface area contributed by atoms with Gasteiger partial charge >= 0.3 is 6.55 Å². The zero-order chi connectivity index (χ0) is 7.72. The minimum absolute atomic E-state index is 0.190. The van der Waals surface area contributed by atoms with E-state index in [2.05, 4.69) is 0 Å². The molecule has 0 aromatic carbocycles. The second kappa shape index (κ2) is 2.54. The maximum atomic E-state index is 12.1. The Morgan fingerprint density at radius 3 is 2.30 bits per heavy atom. The van der Waals surface area contributed by atoms with Crippen LogP contribution in [0.1, 0.15) is 6.92 Å². The lowest BCUT2D eigenvalue weighted by molar-refractivity contribution is -0.129. The number of hydrazine groups is 1. The summed E-state index contributed by atoms with van der Waals surface area (Å²) in [5.41, 5.74) is 0. The molecule has 0 fully saturated rings. The maximum absolute atomic E-state index is 12.1. The molecule has 1 heterocycles. The summed E-state index contributed by atoms with van der Waals surface area (Å²) in [5, 5.41) is 2.40. The van der Waals surface area contributed by atoms with Gasteiger partial charge in [0.05, 0.1) is 6.04 Å². The molecule has 0 amide bonds. The number of rotatable bonds is 1. The topological polar surface area (TPSA) is 6.48 Å². The fraction of sp³-hybridized carbons (Fsp3) is 0.667. The predicted molar refractivity (Wildman–Crippen MR) is 34.2 cm³/mol. The van der Waals surface area contributed by atoms with Crippen molar-refractivity contribution >= 4 is 0 Å². The van der Waals surface area contributed by atoms with E-state index in [0.717, 1.165) is 5.01 Å². The minimum atomic E-state index is -2.41. The Labute approximate surface area is 58.7 Å². The lowest BCUT2D eigenvalue weighted by atomic mass is 10.3. The molecular formula is C6H10F2N2. The largest absolute Gasteiger partial charge is 0.311 e. The summed E-state index contributed by atoms with van der Waals surface area (Å²) in [6.07, 6.45) is 3.36. The smallest absolute Gasteiger partial charge is 0.311 e. The Kier molecular flexibility index (Phi) is 1.89. The molecule has 58 valence electrons. The highest BCUT2D eigenvalue weighted by molar-refractivity contribution is 4.96. The molecule has 0 saturated heterocycles. The van der Waals surface area contributed by atoms with Crippen molar-refractivity contribution < 1.29 is 8.78 Å². The van der Waals surface area contributed by atoms with Gasteiger partial charge in [0, 0.05) is 13.2 Å². The minimum Gasteiger partial charge on any atom is -0.311 e. The van der Waals surface area contributed by atoms with Crippen molar-refractivity contribution in [3.05, 3.63) is 12.3 Å². The quantitative estimate of drug-likeness (QED) is 0.517. The van der Waals surface area contributed by atoms with Gasteiger partial charge in [0.25, 0.3) is 0 Å². The van der Waals surface area contributed by atoms with Crippen molar-refractivity contribution in [1.29, 1.82) is 0 Å². The fourth-order valence-corrected chi connectivity index (χ4v) is 1.02. The Morgan fingerprint density at radius 2 is 2.10 bits per heavy atom. The summed E-state index contributed by atoms with van der Waals surface area (Å²) in [7, 11) is 1.60. The predicted octanol–water partition coefficient (Wildman–Crippen LogP) is 1.27. The van der Waals surface area contributed by atoms with E-state index in [1.807, 2.05) is 0 Å². The van der Waals surface area contributed by atoms with Gasteiger partial charge in [0.15, 0.2) is 0 Å². The van der Waals surface area contributed by atoms with Crippen LogP contribution in [0.15, 0.2) is 12.3 Å². The maximum Gasteiger partial charge on any atom is 0.311 e. The Hall–Kier alpha value is -0.640. The number of hydrogen-bond donors (Lipinski definition) is 0. The van der Waals surface area contributed by atoms with E-state index in [-0.39, 0.29) is 6.04 Å². The molecule has 0 aliphatic carbocycles. The lowest BCUT2D eigenvalue weighted by Crippen LogP contribution is -2.41. The Balaban J connectivity index is 2.60. The SMILES string of the molecule is CC1C=CN(C)N1C(F)F. The number of halogens is 2. The highest BCUT2D eigenvalue weighted by Crippen LogP contribution is 2.17. The van der Waals surface area contributed by atoms with Crippen LogP contribution in [0.25, 0.3) is 0 Å². The summed E-state index contributed by atoms with van der Waals surface area (Å²) >= 11 is 0. The second-order valence-corrected chi connectivity index (χ2v) is 2.31. The molecule has 0 bridgehead atoms. The van der Waals surface area contributed by atoms with Gasteiger partial charge in [-0.05, 0) is 13.0 Å². The molecule has 0 radical (unpaired) electrons. The average molecular weight is 148 g/mol. The number of alkyl halides is 2. The van der Waals surface area contributed by atoms with Crippen LogP contribution in [0, 0.1) is 0 Å². The van der Waals surface area contributed by atoms with Crippen LogP contribution in [0.5, 0.6) is 0 Å². The van der Waals surface area contributed by atoms with E-state index in [1.165, 1.54) is 5.01 Å². The molecule has 0 saturated carbocycles. The standard InChI is InChI=1S/C6H10F2N2/c1-5-3-4-9(2)10(5)6(7)8/h3-6H,1-2H3. The number of hydrogen-bond acceptors (Lipinski definition) is 2. The molecule has 10 heavy (non-hydrogen) atoms. The van der Waals surface area contributed by atoms with E-state index in [9.17, 15) is 8.78 Å². The highest BCUT2D eigenvalue weighted by Gasteiger charge is 2.27. The average Bonchev–Trinajstić information content (AvgIpc) is 2.11. The zero-order valence-corrected chi connectivity index (χ0v) is 5.96. The monoisotopic (exact) mass is 148 g/mol. The molecule has 2 nitrogen and oxygen atoms in total. The third kappa shape index (κ3) is 1.11. The summed E-state index contributed by atoms with van der Waals surface area (Å²) in [6.45, 7) is -0.679. The van der Waals surface area contributed by atoms with Crippen molar-refractivity contribution in [2.75, 3.05) is 7.05 Å². The van der Waals surface area contributed by atoms with Crippen LogP contribution < -0.4 is 0 Å². The first-order valence-electron chi connectivity index (χ1n) is 3.10. The molecule has 1 rings (SSSR count). The lowest BCUT2D eigenvalue weighted by Gasteiger charge is -2.27. The van der Waals surface area contributed by atoms with E-state index >= 15 is 0 Å². The summed E-state index contributed by atoms with van der Waals surface area (Å²) in [5.74, 6) is 0. The molecular weight excluding hydrogens is 138 g/mol. The third-order valence-electron chi connectivity index (χ3n) is 1.56. The van der Waals surface area contributed by atoms with Gasteiger partial charge < -0.3 is 5.01 Å². The van der Waals surface area contributed by atoms with Gasteiger partial charge in [-0.2, -0.15) is 13.8 Å². The first-order chi connectivity index (χ1) is 4.63. The van der Waals surface area contributed by atoms with Crippen molar-refractivity contribution in [3.8, 4) is 0 Å². The number of nitrogens with zero attached hydrogens (tertiary/aromatic N) is 2. The van der Waals surface area contributed by atoms with Gasteiger partial charge in [0.1, 0.15) is 0 Å². The van der Waals surface area contributed by atoms with Crippen LogP contribution in [-0.4, -0.2) is 29.7 Å². The van der Waals surface area contributed by atoms with Crippen molar-refractivity contribution in [1.82, 2.24) is 10.0 Å². The second-order valence-electron chi connectivity index (χ2n) is 2.31. The summed E-state index contributed by atoms with van der Waals surface area (Å²) in [4.78, 5) is 0. The van der Waals surface area contributed by atoms with Gasteiger partial charge in [-0.15, -0.1) is 0 Å². The van der Waals surface area contributed by atoms with Crippen LogP contribution in [0.3, 0.4) is 0 Å². The fourth-order valence-electron chi connectivity index (χ4n) is 1.02. The van der Waals surface area contributed by atoms with Crippen LogP contribution in [0.4, 0.5) is 8.78 Å². The molecule has 1 unspecified atom stereocenters. The molecule has 1 atom stereocenters. The van der Waals surface area contributed by atoms with E-state index in [0.29, 0.717) is 0 Å². The van der Waals surface area contributed by atoms with Gasteiger partial charge in [-0.3, -0.25) is 0 Å². The first-order valence-corrected chi connectivity index (χ1v) is 3.10. The molecule has 0 aromatic rings. The van der Waals surface area contributed by atoms with Crippen LogP contribution in [0.2, 0.25) is 0 Å². The van der Waals surface area contributed by atoms with E-state index < -0.39 is 6.55 Å². The summed E-state index contributed by atoms with van der Waals surface area (Å²) < 4.78 is 24.2. The van der Waals surface area contributed by atoms with E-state index in [1.54, 1.807) is 26.2 Å². The van der Waals surface area contributed by atoms with Crippen LogP contribution in [-0.2, 0) is 0 Å². The first kappa shape index (κ1) is 7.47. The van der Waals surface area contributed by atoms with Crippen molar-refractivity contribution in [3.63, 3.8) is 0 Å².